The fraction of sp³-hybridized carbons (Fsp3) is 0.889. The minimum absolute atomic E-state index is 0.0108. The molecule has 1 saturated heterocycles. The van der Waals surface area contributed by atoms with E-state index in [2.05, 4.69) is 10.3 Å². The smallest absolute Gasteiger partial charge is 0.220 e. The highest BCUT2D eigenvalue weighted by molar-refractivity contribution is 5.76. The molecule has 0 saturated carbocycles. The summed E-state index contributed by atoms with van der Waals surface area (Å²) < 4.78 is 5.69. The first-order chi connectivity index (χ1) is 12.8. The predicted octanol–water partition coefficient (Wildman–Crippen LogP) is -0.777. The number of aliphatic hydroxyl groups is 3. The van der Waals surface area contributed by atoms with Gasteiger partial charge in [0.2, 0.25) is 5.91 Å². The molecule has 1 amide bonds. The van der Waals surface area contributed by atoms with E-state index in [1.807, 2.05) is 13.8 Å². The number of ether oxygens (including phenoxy) is 1. The van der Waals surface area contributed by atoms with Crippen molar-refractivity contribution in [2.75, 3.05) is 13.2 Å². The first-order valence-corrected chi connectivity index (χ1v) is 9.75. The number of carbonyl (C=O) groups excluding carboxylic acids is 1. The summed E-state index contributed by atoms with van der Waals surface area (Å²) in [6.07, 6.45) is 1.18. The van der Waals surface area contributed by atoms with Crippen molar-refractivity contribution in [1.29, 1.82) is 0 Å². The molecule has 0 aromatic rings. The van der Waals surface area contributed by atoms with Crippen LogP contribution in [0.15, 0.2) is 4.99 Å². The topological polar surface area (TPSA) is 163 Å². The standard InChI is InChI=1S/C18H36N4O5/c1-11(2)17-14(16(26)15(25)12(10-23)27-17)22-13(24)8-6-4-3-5-7-9-21-18(19)20/h11-12,14-17,23,25-26H,3-10H2,1-2H3,(H,22,24)(H4,19,20,21)/t12?,14?,15-,16-,17+/m1/s1. The van der Waals surface area contributed by atoms with Crippen LogP contribution in [0.4, 0.5) is 0 Å². The number of unbranched alkanes of at least 4 members (excludes halogenated alkanes) is 4. The van der Waals surface area contributed by atoms with Gasteiger partial charge in [0, 0.05) is 13.0 Å². The van der Waals surface area contributed by atoms with Gasteiger partial charge in [-0.25, -0.2) is 0 Å². The molecule has 158 valence electrons. The van der Waals surface area contributed by atoms with Gasteiger partial charge < -0.3 is 36.8 Å². The number of nitrogens with two attached hydrogens (primary N) is 2. The number of hydrogen-bond donors (Lipinski definition) is 6. The summed E-state index contributed by atoms with van der Waals surface area (Å²) in [4.78, 5) is 16.2. The van der Waals surface area contributed by atoms with Gasteiger partial charge in [-0.2, -0.15) is 0 Å². The Bertz CT molecular complexity index is 471. The normalized spacial score (nSPS) is 28.1. The van der Waals surface area contributed by atoms with Gasteiger partial charge in [-0.1, -0.05) is 33.1 Å². The fourth-order valence-corrected chi connectivity index (χ4v) is 3.28. The molecule has 9 heteroatoms. The van der Waals surface area contributed by atoms with Gasteiger partial charge in [0.1, 0.15) is 18.3 Å². The van der Waals surface area contributed by atoms with E-state index in [0.29, 0.717) is 13.0 Å². The van der Waals surface area contributed by atoms with Crippen molar-refractivity contribution in [2.24, 2.45) is 22.4 Å². The zero-order valence-electron chi connectivity index (χ0n) is 16.4. The molecule has 0 aromatic carbocycles. The average molecular weight is 389 g/mol. The van der Waals surface area contributed by atoms with Crippen molar-refractivity contribution in [3.8, 4) is 0 Å². The van der Waals surface area contributed by atoms with E-state index in [0.717, 1.165) is 32.1 Å². The lowest BCUT2D eigenvalue weighted by Gasteiger charge is -2.44. The number of amides is 1. The first-order valence-electron chi connectivity index (χ1n) is 9.75. The Morgan fingerprint density at radius 1 is 1.11 bits per heavy atom. The summed E-state index contributed by atoms with van der Waals surface area (Å²) in [5.41, 5.74) is 10.5. The minimum atomic E-state index is -1.24. The molecule has 1 aliphatic heterocycles. The average Bonchev–Trinajstić information content (AvgIpc) is 2.61. The first kappa shape index (κ1) is 23.6. The number of nitrogens with one attached hydrogen (secondary N) is 1. The highest BCUT2D eigenvalue weighted by atomic mass is 16.5. The van der Waals surface area contributed by atoms with Crippen LogP contribution >= 0.6 is 0 Å². The van der Waals surface area contributed by atoms with Gasteiger partial charge in [-0.3, -0.25) is 9.79 Å². The third-order valence-electron chi connectivity index (χ3n) is 4.81. The molecule has 9 nitrogen and oxygen atoms in total. The van der Waals surface area contributed by atoms with Crippen molar-refractivity contribution >= 4 is 11.9 Å². The number of rotatable bonds is 11. The van der Waals surface area contributed by atoms with Crippen LogP contribution < -0.4 is 16.8 Å². The number of aliphatic imine (C=N–C) groups is 1. The van der Waals surface area contributed by atoms with Crippen LogP contribution in [0, 0.1) is 5.92 Å². The van der Waals surface area contributed by atoms with Crippen LogP contribution in [0.1, 0.15) is 52.4 Å². The maximum Gasteiger partial charge on any atom is 0.220 e. The maximum atomic E-state index is 12.2. The zero-order valence-corrected chi connectivity index (χ0v) is 16.4. The van der Waals surface area contributed by atoms with E-state index in [1.165, 1.54) is 0 Å². The van der Waals surface area contributed by atoms with E-state index >= 15 is 0 Å². The van der Waals surface area contributed by atoms with Gasteiger partial charge in [-0.15, -0.1) is 0 Å². The summed E-state index contributed by atoms with van der Waals surface area (Å²) in [7, 11) is 0. The molecule has 1 rings (SSSR count). The predicted molar refractivity (Wildman–Crippen MR) is 103 cm³/mol. The molecule has 0 spiro atoms. The lowest BCUT2D eigenvalue weighted by molar-refractivity contribution is -0.204. The van der Waals surface area contributed by atoms with Crippen molar-refractivity contribution in [1.82, 2.24) is 5.32 Å². The van der Waals surface area contributed by atoms with Gasteiger partial charge in [0.15, 0.2) is 5.96 Å². The molecule has 2 unspecified atom stereocenters. The lowest BCUT2D eigenvalue weighted by Crippen LogP contribution is -2.65. The molecular formula is C18H36N4O5. The van der Waals surface area contributed by atoms with Gasteiger partial charge >= 0.3 is 0 Å². The highest BCUT2D eigenvalue weighted by Gasteiger charge is 2.45. The van der Waals surface area contributed by atoms with E-state index in [9.17, 15) is 20.1 Å². The summed E-state index contributed by atoms with van der Waals surface area (Å²) in [5, 5.41) is 32.5. The van der Waals surface area contributed by atoms with Gasteiger partial charge in [0.05, 0.1) is 18.8 Å². The molecule has 0 aliphatic carbocycles. The molecular weight excluding hydrogens is 352 g/mol. The zero-order chi connectivity index (χ0) is 20.4. The SMILES string of the molecule is CC(C)[C@@H]1OC(CO)[C@@H](O)[C@H](O)C1NC(=O)CCCCCCCN=C(N)N. The lowest BCUT2D eigenvalue weighted by atomic mass is 9.87. The Hall–Kier alpha value is -1.42. The molecule has 1 aliphatic rings. The third-order valence-corrected chi connectivity index (χ3v) is 4.81. The summed E-state index contributed by atoms with van der Waals surface area (Å²) in [6.45, 7) is 4.05. The molecule has 0 bridgehead atoms. The van der Waals surface area contributed by atoms with Crippen molar-refractivity contribution in [2.45, 2.75) is 82.8 Å². The largest absolute Gasteiger partial charge is 0.394 e. The second-order valence-electron chi connectivity index (χ2n) is 7.46. The molecule has 0 aromatic heterocycles. The van der Waals surface area contributed by atoms with Crippen LogP contribution in [-0.2, 0) is 9.53 Å². The third kappa shape index (κ3) is 8.00. The minimum Gasteiger partial charge on any atom is -0.394 e. The van der Waals surface area contributed by atoms with Crippen LogP contribution in [0.2, 0.25) is 0 Å². The molecule has 8 N–H and O–H groups in total. The molecule has 5 atom stereocenters. The Balaban J connectivity index is 2.35. The van der Waals surface area contributed by atoms with Crippen LogP contribution in [0.25, 0.3) is 0 Å². The van der Waals surface area contributed by atoms with Crippen molar-refractivity contribution < 1.29 is 24.9 Å². The van der Waals surface area contributed by atoms with E-state index in [1.54, 1.807) is 0 Å². The molecule has 1 heterocycles. The van der Waals surface area contributed by atoms with E-state index in [-0.39, 0.29) is 24.4 Å². The second kappa shape index (κ2) is 12.1. The fourth-order valence-electron chi connectivity index (χ4n) is 3.28. The number of aliphatic hydroxyl groups excluding tert-OH is 3. The quantitative estimate of drug-likeness (QED) is 0.154. The number of nitrogens with zero attached hydrogens (tertiary/aromatic N) is 1. The van der Waals surface area contributed by atoms with Crippen LogP contribution in [0.5, 0.6) is 0 Å². The van der Waals surface area contributed by atoms with Crippen molar-refractivity contribution in [3.63, 3.8) is 0 Å². The maximum absolute atomic E-state index is 12.2. The van der Waals surface area contributed by atoms with Crippen LogP contribution in [-0.4, -0.2) is 70.8 Å². The van der Waals surface area contributed by atoms with E-state index < -0.39 is 30.5 Å². The van der Waals surface area contributed by atoms with Crippen LogP contribution in [0.3, 0.4) is 0 Å². The molecule has 1 fully saturated rings. The highest BCUT2D eigenvalue weighted by Crippen LogP contribution is 2.26. The molecule has 0 radical (unpaired) electrons. The van der Waals surface area contributed by atoms with E-state index in [4.69, 9.17) is 16.2 Å². The van der Waals surface area contributed by atoms with Gasteiger partial charge in [-0.05, 0) is 18.8 Å². The van der Waals surface area contributed by atoms with Crippen molar-refractivity contribution in [3.05, 3.63) is 0 Å². The number of carbonyl (C=O) groups is 1. The van der Waals surface area contributed by atoms with Gasteiger partial charge in [0.25, 0.3) is 0 Å². The Morgan fingerprint density at radius 3 is 2.33 bits per heavy atom. The number of guanidine groups is 1. The summed E-state index contributed by atoms with van der Waals surface area (Å²) in [5.74, 6) is -0.0594. The Labute approximate surface area is 161 Å². The Kier molecular flexibility index (Phi) is 10.6. The number of hydrogen-bond acceptors (Lipinski definition) is 6. The summed E-state index contributed by atoms with van der Waals surface area (Å²) in [6, 6.07) is -0.699. The second-order valence-corrected chi connectivity index (χ2v) is 7.46. The molecule has 27 heavy (non-hydrogen) atoms. The monoisotopic (exact) mass is 388 g/mol. The summed E-state index contributed by atoms with van der Waals surface area (Å²) >= 11 is 0. The Morgan fingerprint density at radius 2 is 1.74 bits per heavy atom.